The molecule has 34 heavy (non-hydrogen) atoms. The molecule has 2 saturated carbocycles. The number of aliphatic hydroxyl groups is 1. The third kappa shape index (κ3) is 4.05. The molecule has 3 unspecified atom stereocenters. The smallest absolute Gasteiger partial charge is 0.311 e. The molecule has 3 aliphatic rings. The Morgan fingerprint density at radius 2 is 1.85 bits per heavy atom. The normalized spacial score (nSPS) is 26.0. The molecule has 1 amide bonds. The highest BCUT2D eigenvalue weighted by Crippen LogP contribution is 2.47. The van der Waals surface area contributed by atoms with Crippen LogP contribution in [0.3, 0.4) is 0 Å². The molecule has 1 heterocycles. The largest absolute Gasteiger partial charge is 0.490 e. The SMILES string of the molecule is COc1ccc(CN2CC3C(NC(=O)C(O)(c4ccccc4)C4CCCC4)[C@H]3C2)cc1[N+](=O)[O-]. The van der Waals surface area contributed by atoms with Crippen LogP contribution in [0.25, 0.3) is 0 Å². The lowest BCUT2D eigenvalue weighted by atomic mass is 9.79. The quantitative estimate of drug-likeness (QED) is 0.458. The Hall–Kier alpha value is -2.97. The van der Waals surface area contributed by atoms with Crippen LogP contribution in [-0.4, -0.2) is 47.1 Å². The first kappa shape index (κ1) is 22.8. The summed E-state index contributed by atoms with van der Waals surface area (Å²) >= 11 is 0. The van der Waals surface area contributed by atoms with Crippen molar-refractivity contribution in [1.29, 1.82) is 0 Å². The van der Waals surface area contributed by atoms with Gasteiger partial charge in [-0.05, 0) is 41.9 Å². The van der Waals surface area contributed by atoms with Gasteiger partial charge in [-0.25, -0.2) is 0 Å². The molecule has 0 radical (unpaired) electrons. The summed E-state index contributed by atoms with van der Waals surface area (Å²) in [5, 5.41) is 26.1. The standard InChI is InChI=1S/C26H31N3O5/c1-34-23-12-11-17(13-22(23)29(32)33)14-28-15-20-21(16-28)24(20)27-25(30)26(31,19-9-5-6-10-19)18-7-3-2-4-8-18/h2-4,7-8,11-13,19-21,24,31H,5-6,9-10,14-16H2,1H3,(H,27,30)/t20-,21?,24?,26?/m0/s1. The molecule has 2 aromatic rings. The maximum Gasteiger partial charge on any atom is 0.311 e. The van der Waals surface area contributed by atoms with Gasteiger partial charge in [0.25, 0.3) is 5.91 Å². The Bertz CT molecular complexity index is 1060. The van der Waals surface area contributed by atoms with E-state index in [0.717, 1.165) is 44.3 Å². The number of nitrogens with zero attached hydrogens (tertiary/aromatic N) is 2. The maximum absolute atomic E-state index is 13.4. The van der Waals surface area contributed by atoms with Crippen molar-refractivity contribution >= 4 is 11.6 Å². The van der Waals surface area contributed by atoms with Gasteiger partial charge in [-0.3, -0.25) is 19.8 Å². The molecule has 8 heteroatoms. The van der Waals surface area contributed by atoms with Crippen LogP contribution in [0.2, 0.25) is 0 Å². The van der Waals surface area contributed by atoms with Crippen molar-refractivity contribution in [2.75, 3.05) is 20.2 Å². The maximum atomic E-state index is 13.4. The van der Waals surface area contributed by atoms with Crippen molar-refractivity contribution in [1.82, 2.24) is 10.2 Å². The summed E-state index contributed by atoms with van der Waals surface area (Å²) in [5.74, 6) is 0.619. The minimum absolute atomic E-state index is 0.0263. The summed E-state index contributed by atoms with van der Waals surface area (Å²) in [4.78, 5) is 26.6. The molecule has 1 saturated heterocycles. The van der Waals surface area contributed by atoms with Crippen LogP contribution >= 0.6 is 0 Å². The number of methoxy groups -OCH3 is 1. The van der Waals surface area contributed by atoms with E-state index in [2.05, 4.69) is 10.2 Å². The average molecular weight is 466 g/mol. The zero-order valence-corrected chi connectivity index (χ0v) is 19.4. The van der Waals surface area contributed by atoms with E-state index in [-0.39, 0.29) is 29.3 Å². The van der Waals surface area contributed by atoms with Gasteiger partial charge in [0.15, 0.2) is 11.4 Å². The van der Waals surface area contributed by atoms with E-state index >= 15 is 0 Å². The second-order valence-corrected chi connectivity index (χ2v) is 9.90. The fourth-order valence-corrected chi connectivity index (χ4v) is 6.04. The Morgan fingerprint density at radius 3 is 2.47 bits per heavy atom. The van der Waals surface area contributed by atoms with Crippen molar-refractivity contribution in [3.05, 3.63) is 69.8 Å². The first-order valence-corrected chi connectivity index (χ1v) is 12.0. The Kier molecular flexibility index (Phi) is 6.04. The third-order valence-corrected chi connectivity index (χ3v) is 7.92. The second kappa shape index (κ2) is 9.00. The van der Waals surface area contributed by atoms with Crippen molar-refractivity contribution in [3.63, 3.8) is 0 Å². The molecule has 0 bridgehead atoms. The van der Waals surface area contributed by atoms with E-state index in [4.69, 9.17) is 4.74 Å². The van der Waals surface area contributed by atoms with Crippen molar-refractivity contribution < 1.29 is 19.6 Å². The molecule has 180 valence electrons. The molecule has 8 nitrogen and oxygen atoms in total. The van der Waals surface area contributed by atoms with Crippen LogP contribution in [0, 0.1) is 27.9 Å². The number of carbonyl (C=O) groups is 1. The zero-order valence-electron chi connectivity index (χ0n) is 19.4. The molecule has 4 atom stereocenters. The van der Waals surface area contributed by atoms with E-state index in [9.17, 15) is 20.0 Å². The van der Waals surface area contributed by atoms with Crippen molar-refractivity contribution in [2.24, 2.45) is 17.8 Å². The molecular formula is C26H31N3O5. The number of piperidine rings is 1. The number of fused-ring (bicyclic) bond motifs is 1. The second-order valence-electron chi connectivity index (χ2n) is 9.90. The van der Waals surface area contributed by atoms with E-state index in [1.807, 2.05) is 36.4 Å². The van der Waals surface area contributed by atoms with Crippen LogP contribution in [0.15, 0.2) is 48.5 Å². The number of nitrogens with one attached hydrogen (secondary N) is 1. The van der Waals surface area contributed by atoms with Gasteiger partial charge < -0.3 is 15.2 Å². The summed E-state index contributed by atoms with van der Waals surface area (Å²) in [5.41, 5.74) is 0.0275. The summed E-state index contributed by atoms with van der Waals surface area (Å²) in [6.45, 7) is 2.26. The monoisotopic (exact) mass is 465 g/mol. The lowest BCUT2D eigenvalue weighted by molar-refractivity contribution is -0.385. The van der Waals surface area contributed by atoms with Crippen molar-refractivity contribution in [3.8, 4) is 5.75 Å². The van der Waals surface area contributed by atoms with Crippen LogP contribution < -0.4 is 10.1 Å². The number of amides is 1. The summed E-state index contributed by atoms with van der Waals surface area (Å²) in [7, 11) is 1.43. The molecule has 1 aliphatic heterocycles. The number of nitro groups is 1. The molecular weight excluding hydrogens is 434 g/mol. The lowest BCUT2D eigenvalue weighted by Gasteiger charge is -2.33. The Labute approximate surface area is 199 Å². The highest BCUT2D eigenvalue weighted by molar-refractivity contribution is 5.87. The summed E-state index contributed by atoms with van der Waals surface area (Å²) in [6, 6.07) is 14.5. The summed E-state index contributed by atoms with van der Waals surface area (Å²) in [6.07, 6.45) is 3.80. The number of rotatable bonds is 8. The molecule has 5 rings (SSSR count). The zero-order chi connectivity index (χ0) is 23.9. The van der Waals surface area contributed by atoms with E-state index in [1.165, 1.54) is 7.11 Å². The summed E-state index contributed by atoms with van der Waals surface area (Å²) < 4.78 is 5.09. The van der Waals surface area contributed by atoms with Gasteiger partial charge in [0.05, 0.1) is 12.0 Å². The first-order chi connectivity index (χ1) is 16.4. The number of benzene rings is 2. The van der Waals surface area contributed by atoms with Gasteiger partial charge in [-0.2, -0.15) is 0 Å². The number of likely N-dealkylation sites (tertiary alicyclic amines) is 1. The minimum atomic E-state index is -1.49. The lowest BCUT2D eigenvalue weighted by Crippen LogP contribution is -2.50. The van der Waals surface area contributed by atoms with Gasteiger partial charge in [0.2, 0.25) is 0 Å². The topological polar surface area (TPSA) is 105 Å². The highest BCUT2D eigenvalue weighted by atomic mass is 16.6. The number of hydrogen-bond acceptors (Lipinski definition) is 6. The van der Waals surface area contributed by atoms with Gasteiger partial charge in [0, 0.05) is 37.7 Å². The highest BCUT2D eigenvalue weighted by Gasteiger charge is 2.58. The fraction of sp³-hybridized carbons (Fsp3) is 0.500. The predicted octanol–water partition coefficient (Wildman–Crippen LogP) is 3.23. The molecule has 0 aromatic heterocycles. The number of hydrogen-bond donors (Lipinski definition) is 2. The number of carbonyl (C=O) groups excluding carboxylic acids is 1. The minimum Gasteiger partial charge on any atom is -0.490 e. The molecule has 2 aliphatic carbocycles. The molecule has 3 fully saturated rings. The van der Waals surface area contributed by atoms with E-state index in [1.54, 1.807) is 12.1 Å². The number of ether oxygens (including phenoxy) is 1. The average Bonchev–Trinajstić information content (AvgIpc) is 3.26. The predicted molar refractivity (Wildman–Crippen MR) is 126 cm³/mol. The fourth-order valence-electron chi connectivity index (χ4n) is 6.04. The first-order valence-electron chi connectivity index (χ1n) is 12.0. The van der Waals surface area contributed by atoms with Crippen LogP contribution in [-0.2, 0) is 16.9 Å². The van der Waals surface area contributed by atoms with Gasteiger partial charge >= 0.3 is 5.69 Å². The van der Waals surface area contributed by atoms with Crippen molar-refractivity contribution in [2.45, 2.75) is 43.9 Å². The molecule has 2 N–H and O–H groups in total. The van der Waals surface area contributed by atoms with Crippen LogP contribution in [0.1, 0.15) is 36.8 Å². The van der Waals surface area contributed by atoms with Crippen LogP contribution in [0.4, 0.5) is 5.69 Å². The number of nitro benzene ring substituents is 1. The van der Waals surface area contributed by atoms with Crippen LogP contribution in [0.5, 0.6) is 5.75 Å². The Morgan fingerprint density at radius 1 is 1.18 bits per heavy atom. The molecule has 0 spiro atoms. The van der Waals surface area contributed by atoms with Gasteiger partial charge in [-0.1, -0.05) is 49.2 Å². The van der Waals surface area contributed by atoms with Gasteiger partial charge in [0.1, 0.15) is 0 Å². The third-order valence-electron chi connectivity index (χ3n) is 7.92. The van der Waals surface area contributed by atoms with E-state index in [0.29, 0.717) is 23.9 Å². The van der Waals surface area contributed by atoms with E-state index < -0.39 is 10.5 Å². The Balaban J connectivity index is 1.22. The molecule has 2 aromatic carbocycles. The van der Waals surface area contributed by atoms with Gasteiger partial charge in [-0.15, -0.1) is 0 Å².